The molecular weight excluding hydrogens is 284 g/mol. The molecular formula is C14H11ClOS2. The lowest BCUT2D eigenvalue weighted by molar-refractivity contribution is 0.107. The van der Waals surface area contributed by atoms with Crippen molar-refractivity contribution in [2.45, 2.75) is 10.6 Å². The van der Waals surface area contributed by atoms with Gasteiger partial charge in [-0.25, -0.2) is 0 Å². The summed E-state index contributed by atoms with van der Waals surface area (Å²) >= 11 is 5.54. The molecule has 1 nitrogen and oxygen atoms in total. The van der Waals surface area contributed by atoms with Crippen molar-refractivity contribution in [2.24, 2.45) is 0 Å². The van der Waals surface area contributed by atoms with E-state index >= 15 is 0 Å². The van der Waals surface area contributed by atoms with Gasteiger partial charge in [0.2, 0.25) is 0 Å². The zero-order chi connectivity index (χ0) is 12.8. The van der Waals surface area contributed by atoms with Gasteiger partial charge in [0, 0.05) is 16.2 Å². The van der Waals surface area contributed by atoms with Crippen LogP contribution in [0.25, 0.3) is 0 Å². The molecule has 2 rings (SSSR count). The molecule has 0 saturated heterocycles. The molecule has 0 fully saturated rings. The van der Waals surface area contributed by atoms with Gasteiger partial charge in [0.1, 0.15) is 0 Å². The SMILES string of the molecule is O=C(Cl)c1ccccc1SSCc1ccccc1. The summed E-state index contributed by atoms with van der Waals surface area (Å²) in [5.41, 5.74) is 1.84. The van der Waals surface area contributed by atoms with Crippen LogP contribution in [-0.4, -0.2) is 5.24 Å². The van der Waals surface area contributed by atoms with E-state index in [9.17, 15) is 4.79 Å². The normalized spacial score (nSPS) is 10.3. The third-order valence-corrected chi connectivity index (χ3v) is 4.87. The van der Waals surface area contributed by atoms with Gasteiger partial charge in [-0.3, -0.25) is 4.79 Å². The molecule has 0 heterocycles. The standard InChI is InChI=1S/C14H11ClOS2/c15-14(16)12-8-4-5-9-13(12)18-17-10-11-6-2-1-3-7-11/h1-9H,10H2. The maximum absolute atomic E-state index is 11.2. The fraction of sp³-hybridized carbons (Fsp3) is 0.0714. The highest BCUT2D eigenvalue weighted by Gasteiger charge is 2.08. The molecule has 0 aliphatic heterocycles. The van der Waals surface area contributed by atoms with E-state index in [1.807, 2.05) is 36.4 Å². The molecule has 92 valence electrons. The minimum absolute atomic E-state index is 0.404. The van der Waals surface area contributed by atoms with Gasteiger partial charge < -0.3 is 0 Å². The van der Waals surface area contributed by atoms with Crippen molar-refractivity contribution < 1.29 is 4.79 Å². The quantitative estimate of drug-likeness (QED) is 0.570. The number of carbonyl (C=O) groups excluding carboxylic acids is 1. The third-order valence-electron chi connectivity index (χ3n) is 2.32. The van der Waals surface area contributed by atoms with Gasteiger partial charge in [-0.2, -0.15) is 0 Å². The van der Waals surface area contributed by atoms with Crippen molar-refractivity contribution in [3.05, 3.63) is 65.7 Å². The molecule has 18 heavy (non-hydrogen) atoms. The van der Waals surface area contributed by atoms with Crippen molar-refractivity contribution in [1.29, 1.82) is 0 Å². The molecule has 0 aliphatic carbocycles. The van der Waals surface area contributed by atoms with Crippen LogP contribution >= 0.6 is 33.2 Å². The second-order valence-electron chi connectivity index (χ2n) is 3.60. The fourth-order valence-corrected chi connectivity index (χ4v) is 3.96. The summed E-state index contributed by atoms with van der Waals surface area (Å²) in [5, 5.41) is -0.404. The van der Waals surface area contributed by atoms with Crippen LogP contribution in [0.15, 0.2) is 59.5 Å². The topological polar surface area (TPSA) is 17.1 Å². The zero-order valence-electron chi connectivity index (χ0n) is 9.51. The second-order valence-corrected chi connectivity index (χ2v) is 6.28. The molecule has 0 bridgehead atoms. The monoisotopic (exact) mass is 294 g/mol. The van der Waals surface area contributed by atoms with E-state index in [1.54, 1.807) is 27.7 Å². The Morgan fingerprint density at radius 3 is 2.39 bits per heavy atom. The van der Waals surface area contributed by atoms with Crippen LogP contribution in [0.1, 0.15) is 15.9 Å². The first-order valence-electron chi connectivity index (χ1n) is 5.39. The van der Waals surface area contributed by atoms with Gasteiger partial charge in [-0.15, -0.1) is 0 Å². The number of halogens is 1. The predicted octanol–water partition coefficient (Wildman–Crippen LogP) is 5.01. The van der Waals surface area contributed by atoms with Gasteiger partial charge in [0.15, 0.2) is 0 Å². The summed E-state index contributed by atoms with van der Waals surface area (Å²) in [6, 6.07) is 17.6. The van der Waals surface area contributed by atoms with Crippen molar-refractivity contribution >= 4 is 38.4 Å². The molecule has 0 unspecified atom stereocenters. The van der Waals surface area contributed by atoms with Gasteiger partial charge in [0.05, 0.1) is 0 Å². The van der Waals surface area contributed by atoms with Gasteiger partial charge >= 0.3 is 0 Å². The van der Waals surface area contributed by atoms with Crippen LogP contribution in [-0.2, 0) is 5.75 Å². The minimum Gasteiger partial charge on any atom is -0.276 e. The summed E-state index contributed by atoms with van der Waals surface area (Å²) in [6.07, 6.45) is 0. The Hall–Kier alpha value is -0.900. The Morgan fingerprint density at radius 2 is 1.67 bits per heavy atom. The lowest BCUT2D eigenvalue weighted by Crippen LogP contribution is -1.90. The smallest absolute Gasteiger partial charge is 0.253 e. The maximum atomic E-state index is 11.2. The van der Waals surface area contributed by atoms with Gasteiger partial charge in [-0.1, -0.05) is 64.1 Å². The number of carbonyl (C=O) groups is 1. The second kappa shape index (κ2) is 6.88. The third kappa shape index (κ3) is 3.80. The molecule has 2 aromatic carbocycles. The van der Waals surface area contributed by atoms with E-state index in [1.165, 1.54) is 5.56 Å². The zero-order valence-corrected chi connectivity index (χ0v) is 11.9. The highest BCUT2D eigenvalue weighted by molar-refractivity contribution is 8.76. The first-order valence-corrected chi connectivity index (χ1v) is 8.09. The Morgan fingerprint density at radius 1 is 1.00 bits per heavy atom. The molecule has 0 spiro atoms. The van der Waals surface area contributed by atoms with Gasteiger partial charge in [0.25, 0.3) is 5.24 Å². The predicted molar refractivity (Wildman–Crippen MR) is 80.2 cm³/mol. The molecule has 2 aromatic rings. The average molecular weight is 295 g/mol. The van der Waals surface area contributed by atoms with Crippen LogP contribution in [0.2, 0.25) is 0 Å². The van der Waals surface area contributed by atoms with Crippen molar-refractivity contribution in [2.75, 3.05) is 0 Å². The summed E-state index contributed by atoms with van der Waals surface area (Å²) < 4.78 is 0. The first-order chi connectivity index (χ1) is 8.77. The van der Waals surface area contributed by atoms with Crippen molar-refractivity contribution in [3.8, 4) is 0 Å². The lowest BCUT2D eigenvalue weighted by atomic mass is 10.2. The molecule has 0 amide bonds. The summed E-state index contributed by atoms with van der Waals surface area (Å²) in [4.78, 5) is 12.2. The van der Waals surface area contributed by atoms with Crippen LogP contribution in [0.4, 0.5) is 0 Å². The maximum Gasteiger partial charge on any atom is 0.253 e. The van der Waals surface area contributed by atoms with E-state index in [-0.39, 0.29) is 0 Å². The molecule has 0 radical (unpaired) electrons. The van der Waals surface area contributed by atoms with Crippen molar-refractivity contribution in [3.63, 3.8) is 0 Å². The van der Waals surface area contributed by atoms with Gasteiger partial charge in [-0.05, 0) is 29.3 Å². The van der Waals surface area contributed by atoms with Crippen molar-refractivity contribution in [1.82, 2.24) is 0 Å². The van der Waals surface area contributed by atoms with E-state index < -0.39 is 5.24 Å². The van der Waals surface area contributed by atoms with Crippen LogP contribution in [0, 0.1) is 0 Å². The lowest BCUT2D eigenvalue weighted by Gasteiger charge is -2.04. The molecule has 0 aromatic heterocycles. The van der Waals surface area contributed by atoms with E-state index in [2.05, 4.69) is 12.1 Å². The number of benzene rings is 2. The molecule has 4 heteroatoms. The minimum atomic E-state index is -0.404. The number of hydrogen-bond acceptors (Lipinski definition) is 3. The Kier molecular flexibility index (Phi) is 5.17. The van der Waals surface area contributed by atoms with Crippen LogP contribution < -0.4 is 0 Å². The first kappa shape index (κ1) is 13.5. The number of rotatable bonds is 5. The molecule has 0 saturated carbocycles. The molecule has 0 aliphatic rings. The van der Waals surface area contributed by atoms with E-state index in [0.29, 0.717) is 5.56 Å². The summed E-state index contributed by atoms with van der Waals surface area (Å²) in [6.45, 7) is 0. The van der Waals surface area contributed by atoms with E-state index in [0.717, 1.165) is 10.6 Å². The average Bonchev–Trinajstić information content (AvgIpc) is 2.40. The fourth-order valence-electron chi connectivity index (χ4n) is 1.44. The Balaban J connectivity index is 1.97. The highest BCUT2D eigenvalue weighted by Crippen LogP contribution is 2.36. The number of hydrogen-bond donors (Lipinski definition) is 0. The van der Waals surface area contributed by atoms with Crippen LogP contribution in [0.5, 0.6) is 0 Å². The Labute approximate surface area is 119 Å². The van der Waals surface area contributed by atoms with Crippen LogP contribution in [0.3, 0.4) is 0 Å². The van der Waals surface area contributed by atoms with E-state index in [4.69, 9.17) is 11.6 Å². The summed E-state index contributed by atoms with van der Waals surface area (Å²) in [5.74, 6) is 0.899. The largest absolute Gasteiger partial charge is 0.276 e. The molecule has 0 N–H and O–H groups in total. The Bertz CT molecular complexity index is 528. The summed E-state index contributed by atoms with van der Waals surface area (Å²) in [7, 11) is 3.28. The molecule has 0 atom stereocenters. The highest BCUT2D eigenvalue weighted by atomic mass is 35.5.